The standard InChI is InChI=1S/C10H17N3O/c1-2-3-13(4-5-14)8-10-6-11-9-12-7-10/h6-7,9,14H,2-5,8H2,1H3. The third-order valence-corrected chi connectivity index (χ3v) is 1.98. The minimum Gasteiger partial charge on any atom is -0.395 e. The van der Waals surface area contributed by atoms with Gasteiger partial charge in [-0.2, -0.15) is 0 Å². The second-order valence-electron chi connectivity index (χ2n) is 3.25. The molecule has 0 aliphatic carbocycles. The maximum Gasteiger partial charge on any atom is 0.115 e. The van der Waals surface area contributed by atoms with Crippen LogP contribution in [0.15, 0.2) is 18.7 Å². The summed E-state index contributed by atoms with van der Waals surface area (Å²) in [6, 6.07) is 0. The average molecular weight is 195 g/mol. The molecule has 0 atom stereocenters. The van der Waals surface area contributed by atoms with Crippen molar-refractivity contribution >= 4 is 0 Å². The van der Waals surface area contributed by atoms with Gasteiger partial charge in [0.1, 0.15) is 6.33 Å². The van der Waals surface area contributed by atoms with Gasteiger partial charge in [0, 0.05) is 31.0 Å². The van der Waals surface area contributed by atoms with Crippen LogP contribution in [0.4, 0.5) is 0 Å². The van der Waals surface area contributed by atoms with Gasteiger partial charge in [-0.3, -0.25) is 4.90 Å². The van der Waals surface area contributed by atoms with Crippen LogP contribution < -0.4 is 0 Å². The monoisotopic (exact) mass is 195 g/mol. The van der Waals surface area contributed by atoms with E-state index in [0.29, 0.717) is 6.54 Å². The molecule has 0 unspecified atom stereocenters. The highest BCUT2D eigenvalue weighted by Crippen LogP contribution is 2.01. The molecule has 0 fully saturated rings. The summed E-state index contributed by atoms with van der Waals surface area (Å²) in [6.07, 6.45) is 6.24. The maximum absolute atomic E-state index is 8.87. The summed E-state index contributed by atoms with van der Waals surface area (Å²) in [5.74, 6) is 0. The quantitative estimate of drug-likeness (QED) is 0.725. The van der Waals surface area contributed by atoms with E-state index in [0.717, 1.165) is 25.1 Å². The van der Waals surface area contributed by atoms with Crippen molar-refractivity contribution in [1.82, 2.24) is 14.9 Å². The molecule has 1 aromatic heterocycles. The molecule has 0 bridgehead atoms. The van der Waals surface area contributed by atoms with E-state index in [1.165, 1.54) is 6.33 Å². The molecule has 0 saturated heterocycles. The number of aliphatic hydroxyl groups excluding tert-OH is 1. The Morgan fingerprint density at radius 3 is 2.57 bits per heavy atom. The van der Waals surface area contributed by atoms with Gasteiger partial charge in [-0.05, 0) is 13.0 Å². The van der Waals surface area contributed by atoms with E-state index in [4.69, 9.17) is 5.11 Å². The molecular weight excluding hydrogens is 178 g/mol. The van der Waals surface area contributed by atoms with Crippen LogP contribution in [0.5, 0.6) is 0 Å². The van der Waals surface area contributed by atoms with Crippen LogP contribution >= 0.6 is 0 Å². The van der Waals surface area contributed by atoms with Gasteiger partial charge in [0.15, 0.2) is 0 Å². The normalized spacial score (nSPS) is 10.8. The summed E-state index contributed by atoms with van der Waals surface area (Å²) in [5.41, 5.74) is 1.09. The number of hydrogen-bond donors (Lipinski definition) is 1. The van der Waals surface area contributed by atoms with Crippen LogP contribution in [-0.2, 0) is 6.54 Å². The van der Waals surface area contributed by atoms with E-state index in [9.17, 15) is 0 Å². The van der Waals surface area contributed by atoms with Crippen molar-refractivity contribution in [3.05, 3.63) is 24.3 Å². The van der Waals surface area contributed by atoms with Crippen LogP contribution in [0, 0.1) is 0 Å². The molecule has 4 nitrogen and oxygen atoms in total. The van der Waals surface area contributed by atoms with Crippen molar-refractivity contribution in [2.45, 2.75) is 19.9 Å². The third kappa shape index (κ3) is 3.81. The Labute approximate surface area is 84.6 Å². The van der Waals surface area contributed by atoms with Crippen molar-refractivity contribution in [1.29, 1.82) is 0 Å². The molecule has 78 valence electrons. The number of aromatic nitrogens is 2. The molecule has 4 heteroatoms. The SMILES string of the molecule is CCCN(CCO)Cc1cncnc1. The van der Waals surface area contributed by atoms with E-state index in [1.807, 2.05) is 12.4 Å². The second-order valence-corrected chi connectivity index (χ2v) is 3.25. The predicted molar refractivity (Wildman–Crippen MR) is 54.7 cm³/mol. The molecule has 0 aromatic carbocycles. The first-order chi connectivity index (χ1) is 6.86. The Balaban J connectivity index is 2.46. The molecule has 0 amide bonds. The van der Waals surface area contributed by atoms with Gasteiger partial charge in [0.2, 0.25) is 0 Å². The van der Waals surface area contributed by atoms with E-state index in [1.54, 1.807) is 0 Å². The van der Waals surface area contributed by atoms with Gasteiger partial charge >= 0.3 is 0 Å². The van der Waals surface area contributed by atoms with Gasteiger partial charge in [0.05, 0.1) is 6.61 Å². The maximum atomic E-state index is 8.87. The molecule has 1 rings (SSSR count). The van der Waals surface area contributed by atoms with Crippen molar-refractivity contribution < 1.29 is 5.11 Å². The lowest BCUT2D eigenvalue weighted by Crippen LogP contribution is -2.27. The van der Waals surface area contributed by atoms with Gasteiger partial charge in [-0.1, -0.05) is 6.92 Å². The fourth-order valence-corrected chi connectivity index (χ4v) is 1.40. The summed E-state index contributed by atoms with van der Waals surface area (Å²) in [7, 11) is 0. The molecule has 1 N–H and O–H groups in total. The predicted octanol–water partition coefficient (Wildman–Crippen LogP) is 0.681. The highest BCUT2D eigenvalue weighted by molar-refractivity contribution is 5.01. The van der Waals surface area contributed by atoms with Crippen molar-refractivity contribution in [2.75, 3.05) is 19.7 Å². The first-order valence-electron chi connectivity index (χ1n) is 4.94. The van der Waals surface area contributed by atoms with Crippen molar-refractivity contribution in [3.63, 3.8) is 0 Å². The largest absolute Gasteiger partial charge is 0.395 e. The van der Waals surface area contributed by atoms with Gasteiger partial charge < -0.3 is 5.11 Å². The summed E-state index contributed by atoms with van der Waals surface area (Å²) in [6.45, 7) is 4.85. The zero-order chi connectivity index (χ0) is 10.2. The highest BCUT2D eigenvalue weighted by Gasteiger charge is 2.03. The Morgan fingerprint density at radius 2 is 2.00 bits per heavy atom. The Hall–Kier alpha value is -1.00. The molecule has 0 radical (unpaired) electrons. The highest BCUT2D eigenvalue weighted by atomic mass is 16.3. The zero-order valence-electron chi connectivity index (χ0n) is 8.56. The fraction of sp³-hybridized carbons (Fsp3) is 0.600. The molecule has 14 heavy (non-hydrogen) atoms. The Bertz CT molecular complexity index is 234. The molecule has 0 aliphatic heterocycles. The van der Waals surface area contributed by atoms with Gasteiger partial charge in [-0.25, -0.2) is 9.97 Å². The van der Waals surface area contributed by atoms with E-state index in [-0.39, 0.29) is 6.61 Å². The average Bonchev–Trinajstić information content (AvgIpc) is 2.20. The Kier molecular flexibility index (Phi) is 5.11. The lowest BCUT2D eigenvalue weighted by atomic mass is 10.3. The molecule has 0 spiro atoms. The van der Waals surface area contributed by atoms with Crippen LogP contribution in [0.2, 0.25) is 0 Å². The number of aliphatic hydroxyl groups is 1. The first kappa shape index (κ1) is 11.1. The summed E-state index contributed by atoms with van der Waals surface area (Å²) in [5, 5.41) is 8.87. The summed E-state index contributed by atoms with van der Waals surface area (Å²) in [4.78, 5) is 10.1. The number of rotatable bonds is 6. The molecule has 0 aliphatic rings. The number of nitrogens with zero attached hydrogens (tertiary/aromatic N) is 3. The lowest BCUT2D eigenvalue weighted by molar-refractivity contribution is 0.190. The molecule has 0 saturated carbocycles. The van der Waals surface area contributed by atoms with Crippen molar-refractivity contribution in [2.24, 2.45) is 0 Å². The fourth-order valence-electron chi connectivity index (χ4n) is 1.40. The topological polar surface area (TPSA) is 49.2 Å². The van der Waals surface area contributed by atoms with Crippen LogP contribution in [0.3, 0.4) is 0 Å². The second kappa shape index (κ2) is 6.45. The van der Waals surface area contributed by atoms with Gasteiger partial charge in [0.25, 0.3) is 0 Å². The minimum atomic E-state index is 0.202. The van der Waals surface area contributed by atoms with Gasteiger partial charge in [-0.15, -0.1) is 0 Å². The van der Waals surface area contributed by atoms with E-state index >= 15 is 0 Å². The van der Waals surface area contributed by atoms with Crippen molar-refractivity contribution in [3.8, 4) is 0 Å². The number of hydrogen-bond acceptors (Lipinski definition) is 4. The summed E-state index contributed by atoms with van der Waals surface area (Å²) < 4.78 is 0. The van der Waals surface area contributed by atoms with Crippen LogP contribution in [-0.4, -0.2) is 39.7 Å². The lowest BCUT2D eigenvalue weighted by Gasteiger charge is -2.19. The Morgan fingerprint density at radius 1 is 1.29 bits per heavy atom. The molecule has 1 aromatic rings. The van der Waals surface area contributed by atoms with E-state index < -0.39 is 0 Å². The minimum absolute atomic E-state index is 0.202. The van der Waals surface area contributed by atoms with Crippen LogP contribution in [0.1, 0.15) is 18.9 Å². The van der Waals surface area contributed by atoms with E-state index in [2.05, 4.69) is 21.8 Å². The smallest absolute Gasteiger partial charge is 0.115 e. The zero-order valence-corrected chi connectivity index (χ0v) is 8.56. The molecule has 1 heterocycles. The first-order valence-corrected chi connectivity index (χ1v) is 4.94. The molecular formula is C10H17N3O. The summed E-state index contributed by atoms with van der Waals surface area (Å²) >= 11 is 0. The van der Waals surface area contributed by atoms with Crippen LogP contribution in [0.25, 0.3) is 0 Å². The third-order valence-electron chi connectivity index (χ3n) is 1.98.